The lowest BCUT2D eigenvalue weighted by molar-refractivity contribution is -0.0724. The summed E-state index contributed by atoms with van der Waals surface area (Å²) in [4.78, 5) is 2.74. The molecular weight excluding hydrogens is 212 g/mol. The molecule has 1 saturated heterocycles. The number of hydrogen-bond donors (Lipinski definition) is 1. The van der Waals surface area contributed by atoms with Gasteiger partial charge in [0.15, 0.2) is 0 Å². The summed E-state index contributed by atoms with van der Waals surface area (Å²) < 4.78 is 5.90. The van der Waals surface area contributed by atoms with Crippen LogP contribution in [0.4, 0.5) is 0 Å². The summed E-state index contributed by atoms with van der Waals surface area (Å²) in [6.45, 7) is 8.79. The average Bonchev–Trinajstić information content (AvgIpc) is 2.82. The molecule has 1 heterocycles. The van der Waals surface area contributed by atoms with E-state index in [1.54, 1.807) is 0 Å². The van der Waals surface area contributed by atoms with Crippen molar-refractivity contribution >= 4 is 0 Å². The molecule has 0 bridgehead atoms. The van der Waals surface area contributed by atoms with E-state index in [4.69, 9.17) is 4.74 Å². The van der Waals surface area contributed by atoms with E-state index in [2.05, 4.69) is 24.1 Å². The molecular formula is C14H28N2O. The van der Waals surface area contributed by atoms with Crippen LogP contribution in [0.2, 0.25) is 0 Å². The molecule has 0 radical (unpaired) electrons. The predicted octanol–water partition coefficient (Wildman–Crippen LogP) is 2.02. The van der Waals surface area contributed by atoms with Crippen LogP contribution in [0.25, 0.3) is 0 Å². The molecule has 2 fully saturated rings. The molecule has 0 spiro atoms. The summed E-state index contributed by atoms with van der Waals surface area (Å²) in [5.74, 6) is 0. The van der Waals surface area contributed by atoms with Crippen molar-refractivity contribution in [3.63, 3.8) is 0 Å². The highest BCUT2D eigenvalue weighted by molar-refractivity contribution is 4.92. The fraction of sp³-hybridized carbons (Fsp3) is 1.00. The topological polar surface area (TPSA) is 24.5 Å². The Morgan fingerprint density at radius 1 is 1.35 bits per heavy atom. The van der Waals surface area contributed by atoms with Crippen LogP contribution in [0.3, 0.4) is 0 Å². The van der Waals surface area contributed by atoms with Gasteiger partial charge in [0.1, 0.15) is 0 Å². The van der Waals surface area contributed by atoms with Gasteiger partial charge >= 0.3 is 0 Å². The van der Waals surface area contributed by atoms with Crippen LogP contribution in [0.1, 0.15) is 46.0 Å². The van der Waals surface area contributed by atoms with Gasteiger partial charge in [-0.25, -0.2) is 0 Å². The smallest absolute Gasteiger partial charge is 0.0731 e. The minimum Gasteiger partial charge on any atom is -0.375 e. The SMILES string of the molecule is CCCC(CNCC)N1CCOC2CCCC21. The predicted molar refractivity (Wildman–Crippen MR) is 71.3 cm³/mol. The summed E-state index contributed by atoms with van der Waals surface area (Å²) >= 11 is 0. The maximum absolute atomic E-state index is 5.90. The molecule has 17 heavy (non-hydrogen) atoms. The van der Waals surface area contributed by atoms with E-state index in [0.717, 1.165) is 32.3 Å². The highest BCUT2D eigenvalue weighted by atomic mass is 16.5. The first-order valence-electron chi connectivity index (χ1n) is 7.44. The van der Waals surface area contributed by atoms with E-state index in [1.165, 1.54) is 32.1 Å². The molecule has 1 N–H and O–H groups in total. The van der Waals surface area contributed by atoms with E-state index in [9.17, 15) is 0 Å². The Morgan fingerprint density at radius 3 is 3.00 bits per heavy atom. The lowest BCUT2D eigenvalue weighted by Gasteiger charge is -2.42. The number of hydrogen-bond acceptors (Lipinski definition) is 3. The third-order valence-electron chi connectivity index (χ3n) is 4.25. The van der Waals surface area contributed by atoms with Crippen molar-refractivity contribution in [1.82, 2.24) is 10.2 Å². The molecule has 0 aromatic carbocycles. The highest BCUT2D eigenvalue weighted by Gasteiger charge is 2.38. The van der Waals surface area contributed by atoms with Crippen LogP contribution < -0.4 is 5.32 Å². The molecule has 1 aliphatic heterocycles. The molecule has 0 aromatic heterocycles. The zero-order valence-electron chi connectivity index (χ0n) is 11.5. The van der Waals surface area contributed by atoms with Crippen molar-refractivity contribution in [1.29, 1.82) is 0 Å². The molecule has 3 heteroatoms. The van der Waals surface area contributed by atoms with Crippen molar-refractivity contribution in [2.45, 2.75) is 64.1 Å². The molecule has 2 aliphatic rings. The molecule has 2 rings (SSSR count). The van der Waals surface area contributed by atoms with Crippen molar-refractivity contribution in [2.75, 3.05) is 26.2 Å². The van der Waals surface area contributed by atoms with Gasteiger partial charge in [0, 0.05) is 25.2 Å². The molecule has 3 nitrogen and oxygen atoms in total. The first-order chi connectivity index (χ1) is 8.36. The zero-order chi connectivity index (χ0) is 12.1. The second-order valence-electron chi connectivity index (χ2n) is 5.40. The van der Waals surface area contributed by atoms with Gasteiger partial charge in [-0.15, -0.1) is 0 Å². The van der Waals surface area contributed by atoms with Crippen molar-refractivity contribution in [3.8, 4) is 0 Å². The number of fused-ring (bicyclic) bond motifs is 1. The number of nitrogens with zero attached hydrogens (tertiary/aromatic N) is 1. The van der Waals surface area contributed by atoms with E-state index in [0.29, 0.717) is 12.1 Å². The second-order valence-corrected chi connectivity index (χ2v) is 5.40. The molecule has 0 aromatic rings. The van der Waals surface area contributed by atoms with Crippen LogP contribution in [0.5, 0.6) is 0 Å². The zero-order valence-corrected chi connectivity index (χ0v) is 11.5. The number of rotatable bonds is 6. The Kier molecular flexibility index (Phi) is 5.26. The largest absolute Gasteiger partial charge is 0.375 e. The number of ether oxygens (including phenoxy) is 1. The second kappa shape index (κ2) is 6.72. The quantitative estimate of drug-likeness (QED) is 0.769. The van der Waals surface area contributed by atoms with E-state index < -0.39 is 0 Å². The van der Waals surface area contributed by atoms with Gasteiger partial charge < -0.3 is 10.1 Å². The third-order valence-corrected chi connectivity index (χ3v) is 4.25. The van der Waals surface area contributed by atoms with E-state index in [1.807, 2.05) is 0 Å². The van der Waals surface area contributed by atoms with Crippen LogP contribution in [-0.2, 0) is 4.74 Å². The molecule has 100 valence electrons. The summed E-state index contributed by atoms with van der Waals surface area (Å²) in [6, 6.07) is 1.42. The van der Waals surface area contributed by atoms with Crippen LogP contribution in [0, 0.1) is 0 Å². The van der Waals surface area contributed by atoms with Crippen molar-refractivity contribution in [2.24, 2.45) is 0 Å². The minimum atomic E-state index is 0.532. The Balaban J connectivity index is 1.95. The molecule has 3 unspecified atom stereocenters. The third kappa shape index (κ3) is 3.21. The van der Waals surface area contributed by atoms with Gasteiger partial charge in [-0.2, -0.15) is 0 Å². The molecule has 1 aliphatic carbocycles. The fourth-order valence-corrected chi connectivity index (χ4v) is 3.44. The van der Waals surface area contributed by atoms with Crippen LogP contribution >= 0.6 is 0 Å². The Labute approximate surface area is 106 Å². The van der Waals surface area contributed by atoms with Crippen molar-refractivity contribution < 1.29 is 4.74 Å². The van der Waals surface area contributed by atoms with Crippen LogP contribution in [0.15, 0.2) is 0 Å². The molecule has 3 atom stereocenters. The average molecular weight is 240 g/mol. The van der Waals surface area contributed by atoms with Gasteiger partial charge in [0.25, 0.3) is 0 Å². The maximum atomic E-state index is 5.90. The first-order valence-corrected chi connectivity index (χ1v) is 7.44. The fourth-order valence-electron chi connectivity index (χ4n) is 3.44. The van der Waals surface area contributed by atoms with E-state index in [-0.39, 0.29) is 0 Å². The monoisotopic (exact) mass is 240 g/mol. The normalized spacial score (nSPS) is 31.4. The lowest BCUT2D eigenvalue weighted by Crippen LogP contribution is -2.55. The summed E-state index contributed by atoms with van der Waals surface area (Å²) in [5, 5.41) is 3.53. The summed E-state index contributed by atoms with van der Waals surface area (Å²) in [5.41, 5.74) is 0. The number of nitrogens with one attached hydrogen (secondary N) is 1. The standard InChI is InChI=1S/C14H28N2O/c1-3-6-12(11-15-4-2)16-9-10-17-14-8-5-7-13(14)16/h12-15H,3-11H2,1-2H3. The molecule has 1 saturated carbocycles. The maximum Gasteiger partial charge on any atom is 0.0731 e. The summed E-state index contributed by atoms with van der Waals surface area (Å²) in [7, 11) is 0. The first kappa shape index (κ1) is 13.3. The Bertz CT molecular complexity index is 222. The Hall–Kier alpha value is -0.120. The number of morpholine rings is 1. The lowest BCUT2D eigenvalue weighted by atomic mass is 10.0. The van der Waals surface area contributed by atoms with E-state index >= 15 is 0 Å². The summed E-state index contributed by atoms with van der Waals surface area (Å²) in [6.07, 6.45) is 7.11. The molecule has 0 amide bonds. The van der Waals surface area contributed by atoms with Gasteiger partial charge in [-0.1, -0.05) is 20.3 Å². The Morgan fingerprint density at radius 2 is 2.24 bits per heavy atom. The van der Waals surface area contributed by atoms with Gasteiger partial charge in [0.05, 0.1) is 12.7 Å². The minimum absolute atomic E-state index is 0.532. The van der Waals surface area contributed by atoms with Gasteiger partial charge in [0.2, 0.25) is 0 Å². The highest BCUT2D eigenvalue weighted by Crippen LogP contribution is 2.31. The van der Waals surface area contributed by atoms with Crippen molar-refractivity contribution in [3.05, 3.63) is 0 Å². The van der Waals surface area contributed by atoms with Gasteiger partial charge in [-0.05, 0) is 32.2 Å². The van der Waals surface area contributed by atoms with Gasteiger partial charge in [-0.3, -0.25) is 4.90 Å². The number of likely N-dealkylation sites (N-methyl/N-ethyl adjacent to an activating group) is 1. The van der Waals surface area contributed by atoms with Crippen LogP contribution in [-0.4, -0.2) is 49.3 Å².